The first-order valence-corrected chi connectivity index (χ1v) is 11.6. The number of likely N-dealkylation sites (tertiary alicyclic amines) is 1. The van der Waals surface area contributed by atoms with Gasteiger partial charge in [-0.1, -0.05) is 24.3 Å². The molecular weight excluding hydrogens is 406 g/mol. The molecule has 0 aliphatic carbocycles. The van der Waals surface area contributed by atoms with Crippen molar-refractivity contribution in [2.45, 2.75) is 31.8 Å². The summed E-state index contributed by atoms with van der Waals surface area (Å²) in [6.07, 6.45) is 6.17. The maximum Gasteiger partial charge on any atom is 0.337 e. The van der Waals surface area contributed by atoms with Gasteiger partial charge in [-0.3, -0.25) is 9.88 Å². The van der Waals surface area contributed by atoms with Crippen molar-refractivity contribution in [3.63, 3.8) is 0 Å². The van der Waals surface area contributed by atoms with Gasteiger partial charge < -0.3 is 9.67 Å². The van der Waals surface area contributed by atoms with E-state index in [1.807, 2.05) is 0 Å². The highest BCUT2D eigenvalue weighted by Crippen LogP contribution is 2.35. The van der Waals surface area contributed by atoms with Gasteiger partial charge in [0.2, 0.25) is 0 Å². The number of para-hydroxylation sites is 1. The lowest BCUT2D eigenvalue weighted by molar-refractivity contribution is 0.0693. The fraction of sp³-hybridized carbons (Fsp3) is 0.280. The predicted octanol–water partition coefficient (Wildman–Crippen LogP) is 5.22. The molecule has 0 saturated carbocycles. The second-order valence-electron chi connectivity index (χ2n) is 8.16. The molecule has 158 valence electrons. The van der Waals surface area contributed by atoms with Crippen LogP contribution < -0.4 is 0 Å². The third-order valence-corrected chi connectivity index (χ3v) is 7.11. The number of carboxylic acid groups (broad SMARTS) is 1. The summed E-state index contributed by atoms with van der Waals surface area (Å²) in [7, 11) is 0. The summed E-state index contributed by atoms with van der Waals surface area (Å²) >= 11 is 1.80. The van der Waals surface area contributed by atoms with Crippen LogP contribution in [0.4, 0.5) is 0 Å². The van der Waals surface area contributed by atoms with E-state index >= 15 is 0 Å². The van der Waals surface area contributed by atoms with Crippen molar-refractivity contribution >= 4 is 28.2 Å². The maximum absolute atomic E-state index is 11.5. The standard InChI is InChI=1S/C25H25N3O2S/c29-25(30)21-7-3-11-26-23(21)17-27-12-9-18(10-13-27)22-16-28(15-19-5-4-14-31-19)24-8-2-1-6-20(22)24/h1-8,11,14,16,18H,9-10,12-13,15,17H2,(H,29,30). The number of carboxylic acids is 1. The van der Waals surface area contributed by atoms with E-state index in [1.54, 1.807) is 29.7 Å². The third kappa shape index (κ3) is 4.13. The van der Waals surface area contributed by atoms with Gasteiger partial charge in [0.1, 0.15) is 0 Å². The monoisotopic (exact) mass is 431 g/mol. The molecule has 6 heteroatoms. The molecule has 1 saturated heterocycles. The summed E-state index contributed by atoms with van der Waals surface area (Å²) in [4.78, 5) is 19.5. The molecule has 3 aromatic heterocycles. The zero-order chi connectivity index (χ0) is 21.2. The summed E-state index contributed by atoms with van der Waals surface area (Å²) < 4.78 is 2.38. The highest BCUT2D eigenvalue weighted by molar-refractivity contribution is 7.09. The molecule has 4 heterocycles. The van der Waals surface area contributed by atoms with Crippen molar-refractivity contribution in [1.82, 2.24) is 14.5 Å². The lowest BCUT2D eigenvalue weighted by Gasteiger charge is -2.32. The van der Waals surface area contributed by atoms with E-state index in [2.05, 4.69) is 62.4 Å². The van der Waals surface area contributed by atoms with E-state index in [-0.39, 0.29) is 0 Å². The fourth-order valence-corrected chi connectivity index (χ4v) is 5.38. The van der Waals surface area contributed by atoms with E-state index in [0.717, 1.165) is 32.5 Å². The average Bonchev–Trinajstić information content (AvgIpc) is 3.43. The Morgan fingerprint density at radius 2 is 1.90 bits per heavy atom. The third-order valence-electron chi connectivity index (χ3n) is 6.25. The summed E-state index contributed by atoms with van der Waals surface area (Å²) in [6, 6.07) is 16.3. The Kier molecular flexibility index (Phi) is 5.57. The van der Waals surface area contributed by atoms with E-state index in [0.29, 0.717) is 23.7 Å². The van der Waals surface area contributed by atoms with Crippen molar-refractivity contribution < 1.29 is 9.90 Å². The lowest BCUT2D eigenvalue weighted by Crippen LogP contribution is -2.33. The van der Waals surface area contributed by atoms with Gasteiger partial charge in [0, 0.05) is 34.7 Å². The summed E-state index contributed by atoms with van der Waals surface area (Å²) in [5, 5.41) is 12.9. The van der Waals surface area contributed by atoms with Crippen LogP contribution in [0, 0.1) is 0 Å². The number of thiophene rings is 1. The molecule has 0 unspecified atom stereocenters. The largest absolute Gasteiger partial charge is 0.478 e. The average molecular weight is 432 g/mol. The second-order valence-corrected chi connectivity index (χ2v) is 9.19. The van der Waals surface area contributed by atoms with Crippen LogP contribution in [0.1, 0.15) is 45.3 Å². The Hall–Kier alpha value is -2.96. The molecule has 0 radical (unpaired) electrons. The van der Waals surface area contributed by atoms with Gasteiger partial charge >= 0.3 is 5.97 Å². The van der Waals surface area contributed by atoms with Crippen LogP contribution in [0.25, 0.3) is 10.9 Å². The van der Waals surface area contributed by atoms with Crippen LogP contribution in [-0.2, 0) is 13.1 Å². The highest BCUT2D eigenvalue weighted by Gasteiger charge is 2.25. The first-order valence-electron chi connectivity index (χ1n) is 10.7. The fourth-order valence-electron chi connectivity index (χ4n) is 4.67. The van der Waals surface area contributed by atoms with Crippen molar-refractivity contribution in [3.8, 4) is 0 Å². The molecule has 1 aromatic carbocycles. The number of rotatable bonds is 6. The van der Waals surface area contributed by atoms with Gasteiger partial charge in [-0.05, 0) is 67.1 Å². The van der Waals surface area contributed by atoms with Crippen molar-refractivity contribution in [2.75, 3.05) is 13.1 Å². The molecule has 31 heavy (non-hydrogen) atoms. The normalized spacial score (nSPS) is 15.5. The molecule has 0 atom stereocenters. The molecule has 0 bridgehead atoms. The molecule has 1 fully saturated rings. The molecule has 0 amide bonds. The quantitative estimate of drug-likeness (QED) is 0.454. The first kappa shape index (κ1) is 20.0. The Balaban J connectivity index is 1.32. The molecular formula is C25H25N3O2S. The van der Waals surface area contributed by atoms with Gasteiger partial charge in [0.15, 0.2) is 0 Å². The minimum absolute atomic E-state index is 0.307. The zero-order valence-corrected chi connectivity index (χ0v) is 18.1. The Morgan fingerprint density at radius 3 is 2.68 bits per heavy atom. The summed E-state index contributed by atoms with van der Waals surface area (Å²) in [6.45, 7) is 3.40. The lowest BCUT2D eigenvalue weighted by atomic mass is 9.89. The van der Waals surface area contributed by atoms with Crippen LogP contribution in [0.3, 0.4) is 0 Å². The number of nitrogens with zero attached hydrogens (tertiary/aromatic N) is 3. The van der Waals surface area contributed by atoms with Gasteiger partial charge in [-0.15, -0.1) is 11.3 Å². The van der Waals surface area contributed by atoms with Crippen LogP contribution in [-0.4, -0.2) is 38.6 Å². The number of aromatic carboxylic acids is 1. The van der Waals surface area contributed by atoms with E-state index < -0.39 is 5.97 Å². The van der Waals surface area contributed by atoms with Crippen LogP contribution in [0.2, 0.25) is 0 Å². The molecule has 1 aliphatic heterocycles. The second kappa shape index (κ2) is 8.65. The number of piperidine rings is 1. The topological polar surface area (TPSA) is 58.4 Å². The van der Waals surface area contributed by atoms with E-state index in [9.17, 15) is 9.90 Å². The van der Waals surface area contributed by atoms with E-state index in [1.165, 1.54) is 21.3 Å². The number of pyridine rings is 1. The minimum atomic E-state index is -0.906. The molecule has 5 nitrogen and oxygen atoms in total. The van der Waals surface area contributed by atoms with Crippen molar-refractivity contribution in [2.24, 2.45) is 0 Å². The number of carbonyl (C=O) groups is 1. The summed E-state index contributed by atoms with van der Waals surface area (Å²) in [5.41, 5.74) is 3.70. The minimum Gasteiger partial charge on any atom is -0.478 e. The molecule has 0 spiro atoms. The van der Waals surface area contributed by atoms with E-state index in [4.69, 9.17) is 0 Å². The summed E-state index contributed by atoms with van der Waals surface area (Å²) in [5.74, 6) is -0.384. The Labute approximate surface area is 185 Å². The van der Waals surface area contributed by atoms with Crippen LogP contribution in [0.15, 0.2) is 66.3 Å². The molecule has 1 aliphatic rings. The smallest absolute Gasteiger partial charge is 0.337 e. The molecule has 5 rings (SSSR count). The number of fused-ring (bicyclic) bond motifs is 1. The van der Waals surface area contributed by atoms with Crippen molar-refractivity contribution in [3.05, 3.63) is 88.0 Å². The van der Waals surface area contributed by atoms with Crippen LogP contribution >= 0.6 is 11.3 Å². The number of aromatic nitrogens is 2. The Bertz CT molecular complexity index is 1190. The van der Waals surface area contributed by atoms with Gasteiger partial charge in [0.25, 0.3) is 0 Å². The maximum atomic E-state index is 11.5. The van der Waals surface area contributed by atoms with Crippen LogP contribution in [0.5, 0.6) is 0 Å². The number of hydrogen-bond donors (Lipinski definition) is 1. The molecule has 1 N–H and O–H groups in total. The van der Waals surface area contributed by atoms with Crippen molar-refractivity contribution in [1.29, 1.82) is 0 Å². The zero-order valence-electron chi connectivity index (χ0n) is 17.3. The molecule has 4 aromatic rings. The first-order chi connectivity index (χ1) is 15.2. The number of hydrogen-bond acceptors (Lipinski definition) is 4. The Morgan fingerprint density at radius 1 is 1.06 bits per heavy atom. The highest BCUT2D eigenvalue weighted by atomic mass is 32.1. The predicted molar refractivity (Wildman–Crippen MR) is 124 cm³/mol. The van der Waals surface area contributed by atoms with Gasteiger partial charge in [-0.25, -0.2) is 4.79 Å². The SMILES string of the molecule is O=C(O)c1cccnc1CN1CCC(c2cn(Cc3cccs3)c3ccccc23)CC1. The number of benzene rings is 1. The van der Waals surface area contributed by atoms with Gasteiger partial charge in [-0.2, -0.15) is 0 Å². The van der Waals surface area contributed by atoms with Gasteiger partial charge in [0.05, 0.1) is 17.8 Å².